The van der Waals surface area contributed by atoms with E-state index in [1.165, 1.54) is 40.8 Å². The predicted molar refractivity (Wildman–Crippen MR) is 165 cm³/mol. The van der Waals surface area contributed by atoms with Gasteiger partial charge in [-0.3, -0.25) is 0 Å². The first-order valence-electron chi connectivity index (χ1n) is 14.4. The van der Waals surface area contributed by atoms with Crippen LogP contribution in [0.2, 0.25) is 0 Å². The molecule has 1 saturated carbocycles. The van der Waals surface area contributed by atoms with Crippen molar-refractivity contribution in [2.24, 2.45) is 4.99 Å². The summed E-state index contributed by atoms with van der Waals surface area (Å²) in [6.07, 6.45) is -0.603. The number of nitrogens with one attached hydrogen (secondary N) is 1. The average molecular weight is 621 g/mol. The Kier molecular flexibility index (Phi) is 8.10. The van der Waals surface area contributed by atoms with Crippen LogP contribution >= 0.6 is 11.8 Å². The Bertz CT molecular complexity index is 1660. The number of benzene rings is 3. The molecule has 1 aliphatic carbocycles. The molecule has 1 saturated heterocycles. The van der Waals surface area contributed by atoms with Crippen LogP contribution in [0.1, 0.15) is 50.2 Å². The summed E-state index contributed by atoms with van der Waals surface area (Å²) in [5.74, 6) is 1.42. The Hall–Kier alpha value is -4.32. The molecule has 2 heterocycles. The molecule has 228 valence electrons. The smallest absolute Gasteiger partial charge is 0.406 e. The third-order valence-corrected chi connectivity index (χ3v) is 8.72. The van der Waals surface area contributed by atoms with Crippen LogP contribution in [0.25, 0.3) is 17.1 Å². The molecule has 3 aromatic carbocycles. The number of nitrogens with zero attached hydrogens (tertiary/aromatic N) is 5. The number of aromatic nitrogens is 3. The molecule has 12 heteroatoms. The topological polar surface area (TPSA) is 84.6 Å². The van der Waals surface area contributed by atoms with E-state index in [1.807, 2.05) is 36.4 Å². The lowest BCUT2D eigenvalue weighted by Gasteiger charge is -2.32. The van der Waals surface area contributed by atoms with E-state index in [-0.39, 0.29) is 11.8 Å². The molecule has 2 fully saturated rings. The van der Waals surface area contributed by atoms with Crippen LogP contribution in [0.5, 0.6) is 5.75 Å². The Labute approximate surface area is 257 Å². The molecule has 0 radical (unpaired) electrons. The fourth-order valence-electron chi connectivity index (χ4n) is 5.29. The predicted octanol–water partition coefficient (Wildman–Crippen LogP) is 7.65. The van der Waals surface area contributed by atoms with Crippen molar-refractivity contribution in [3.63, 3.8) is 0 Å². The number of halogens is 3. The number of carbonyl (C=O) groups is 1. The summed E-state index contributed by atoms with van der Waals surface area (Å²) in [5, 5.41) is 8.35. The van der Waals surface area contributed by atoms with Crippen molar-refractivity contribution < 1.29 is 22.7 Å². The molecule has 6 rings (SSSR count). The van der Waals surface area contributed by atoms with Gasteiger partial charge in [0.2, 0.25) is 0 Å². The summed E-state index contributed by atoms with van der Waals surface area (Å²) < 4.78 is 42.7. The molecule has 8 nitrogen and oxygen atoms in total. The van der Waals surface area contributed by atoms with Crippen LogP contribution in [0.15, 0.2) is 84.1 Å². The number of aliphatic imine (C=N–C) groups is 1. The van der Waals surface area contributed by atoms with Crippen molar-refractivity contribution >= 4 is 28.6 Å². The largest absolute Gasteiger partial charge is 0.573 e. The van der Waals surface area contributed by atoms with E-state index in [2.05, 4.69) is 56.0 Å². The highest BCUT2D eigenvalue weighted by molar-refractivity contribution is 8.14. The average Bonchev–Trinajstić information content (AvgIpc) is 3.61. The number of para-hydroxylation sites is 1. The molecule has 1 aromatic heterocycles. The lowest BCUT2D eigenvalue weighted by Crippen LogP contribution is -2.38. The molecule has 1 N–H and O–H groups in total. The van der Waals surface area contributed by atoms with E-state index in [0.29, 0.717) is 17.4 Å². The van der Waals surface area contributed by atoms with Crippen molar-refractivity contribution in [2.75, 3.05) is 17.2 Å². The summed E-state index contributed by atoms with van der Waals surface area (Å²) in [6.45, 7) is 5.15. The van der Waals surface area contributed by atoms with E-state index in [9.17, 15) is 18.0 Å². The monoisotopic (exact) mass is 620 g/mol. The van der Waals surface area contributed by atoms with E-state index in [1.54, 1.807) is 11.8 Å². The van der Waals surface area contributed by atoms with Gasteiger partial charge in [0.1, 0.15) is 12.1 Å². The minimum Gasteiger partial charge on any atom is -0.406 e. The number of hydrogen-bond acceptors (Lipinski definition) is 5. The van der Waals surface area contributed by atoms with E-state index in [4.69, 9.17) is 0 Å². The number of thioether (sulfide) groups is 1. The van der Waals surface area contributed by atoms with Crippen LogP contribution in [-0.4, -0.2) is 44.6 Å². The van der Waals surface area contributed by atoms with Gasteiger partial charge < -0.3 is 15.0 Å². The minimum absolute atomic E-state index is 0.309. The Morgan fingerprint density at radius 1 is 1.05 bits per heavy atom. The first kappa shape index (κ1) is 29.7. The summed E-state index contributed by atoms with van der Waals surface area (Å²) in [4.78, 5) is 24.3. The molecule has 0 bridgehead atoms. The number of amides is 2. The third kappa shape index (κ3) is 6.59. The Balaban J connectivity index is 1.14. The number of alkyl halides is 3. The summed E-state index contributed by atoms with van der Waals surface area (Å²) in [7, 11) is 0. The minimum atomic E-state index is -4.75. The molecule has 0 unspecified atom stereocenters. The molecule has 1 aliphatic heterocycles. The van der Waals surface area contributed by atoms with Gasteiger partial charge in [-0.15, -0.1) is 18.3 Å². The third-order valence-electron chi connectivity index (χ3n) is 7.65. The molecule has 0 atom stereocenters. The van der Waals surface area contributed by atoms with E-state index < -0.39 is 11.9 Å². The quantitative estimate of drug-likeness (QED) is 0.229. The number of carbonyl (C=O) groups excluding carboxylic acids is 1. The van der Waals surface area contributed by atoms with E-state index >= 15 is 0 Å². The molecule has 44 heavy (non-hydrogen) atoms. The zero-order valence-electron chi connectivity index (χ0n) is 24.2. The standard InChI is InChI=1S/C32H31F3N6O2S/c1-21(2)26-6-3-4-7-27(26)40-18-5-19-44-30(40)37-29(42)38-31(16-17-31)23-10-8-22(9-11-23)28-36-20-41(39-28)24-12-14-25(15-13-24)43-32(33,34)35/h3-4,6-15,20-21H,5,16-19H2,1-2H3,(H,38,42)/b37-30-. The maximum Gasteiger partial charge on any atom is 0.573 e. The highest BCUT2D eigenvalue weighted by Crippen LogP contribution is 2.46. The second-order valence-corrected chi connectivity index (χ2v) is 12.2. The summed E-state index contributed by atoms with van der Waals surface area (Å²) in [5.41, 5.74) is 4.15. The lowest BCUT2D eigenvalue weighted by molar-refractivity contribution is -0.274. The summed E-state index contributed by atoms with van der Waals surface area (Å²) in [6, 6.07) is 21.1. The number of rotatable bonds is 7. The first-order chi connectivity index (χ1) is 21.1. The number of urea groups is 1. The van der Waals surface area contributed by atoms with Gasteiger partial charge in [0.05, 0.1) is 11.2 Å². The van der Waals surface area contributed by atoms with Crippen LogP contribution in [-0.2, 0) is 5.54 Å². The number of hydrogen-bond donors (Lipinski definition) is 1. The molecule has 2 amide bonds. The van der Waals surface area contributed by atoms with Crippen molar-refractivity contribution in [2.45, 2.75) is 50.9 Å². The maximum absolute atomic E-state index is 13.2. The number of ether oxygens (including phenoxy) is 1. The number of amidine groups is 1. The Morgan fingerprint density at radius 3 is 2.45 bits per heavy atom. The van der Waals surface area contributed by atoms with Crippen molar-refractivity contribution in [3.05, 3.63) is 90.3 Å². The zero-order chi connectivity index (χ0) is 30.9. The van der Waals surface area contributed by atoms with E-state index in [0.717, 1.165) is 53.5 Å². The van der Waals surface area contributed by atoms with Gasteiger partial charge in [0, 0.05) is 23.5 Å². The second-order valence-electron chi connectivity index (χ2n) is 11.1. The van der Waals surface area contributed by atoms with Crippen LogP contribution in [0.3, 0.4) is 0 Å². The van der Waals surface area contributed by atoms with Gasteiger partial charge in [-0.05, 0) is 66.6 Å². The Morgan fingerprint density at radius 2 is 1.77 bits per heavy atom. The molecule has 0 spiro atoms. The highest BCUT2D eigenvalue weighted by atomic mass is 32.2. The fraction of sp³-hybridized carbons (Fsp3) is 0.312. The zero-order valence-corrected chi connectivity index (χ0v) is 25.0. The van der Waals surface area contributed by atoms with Crippen LogP contribution in [0, 0.1) is 0 Å². The lowest BCUT2D eigenvalue weighted by atomic mass is 10.0. The van der Waals surface area contributed by atoms with Crippen LogP contribution < -0.4 is 15.0 Å². The van der Waals surface area contributed by atoms with Gasteiger partial charge in [-0.1, -0.05) is 68.1 Å². The first-order valence-corrected chi connectivity index (χ1v) is 15.4. The van der Waals surface area contributed by atoms with Gasteiger partial charge in [0.15, 0.2) is 11.0 Å². The molecule has 4 aromatic rings. The number of anilines is 1. The van der Waals surface area contributed by atoms with Gasteiger partial charge in [-0.2, -0.15) is 4.99 Å². The highest BCUT2D eigenvalue weighted by Gasteiger charge is 2.46. The SMILES string of the molecule is CC(C)c1ccccc1N1CCCS/C1=N\C(=O)NC1(c2ccc(-c3ncn(-c4ccc(OC(F)(F)F)cc4)n3)cc2)CC1. The van der Waals surface area contributed by atoms with Crippen LogP contribution in [0.4, 0.5) is 23.7 Å². The molecular formula is C32H31F3N6O2S. The van der Waals surface area contributed by atoms with Gasteiger partial charge in [-0.25, -0.2) is 14.5 Å². The fourth-order valence-corrected chi connectivity index (χ4v) is 6.24. The maximum atomic E-state index is 13.2. The molecular weight excluding hydrogens is 589 g/mol. The van der Waals surface area contributed by atoms with Crippen molar-refractivity contribution in [3.8, 4) is 22.8 Å². The van der Waals surface area contributed by atoms with Gasteiger partial charge in [0.25, 0.3) is 0 Å². The normalized spacial score (nSPS) is 17.1. The second kappa shape index (κ2) is 12.0. The van der Waals surface area contributed by atoms with Crippen molar-refractivity contribution in [1.82, 2.24) is 20.1 Å². The summed E-state index contributed by atoms with van der Waals surface area (Å²) >= 11 is 1.61. The molecule has 2 aliphatic rings. The van der Waals surface area contributed by atoms with Gasteiger partial charge >= 0.3 is 12.4 Å². The van der Waals surface area contributed by atoms with Crippen molar-refractivity contribution in [1.29, 1.82) is 0 Å².